The van der Waals surface area contributed by atoms with E-state index in [2.05, 4.69) is 18.3 Å². The number of hydrogen-bond donors (Lipinski definition) is 1. The maximum Gasteiger partial charge on any atom is 0.0975 e. The zero-order valence-corrected chi connectivity index (χ0v) is 9.37. The summed E-state index contributed by atoms with van der Waals surface area (Å²) in [7, 11) is 0. The summed E-state index contributed by atoms with van der Waals surface area (Å²) in [5.74, 6) is 0. The number of nitriles is 1. The van der Waals surface area contributed by atoms with E-state index in [9.17, 15) is 0 Å². The monoisotopic (exact) mass is 212 g/mol. The van der Waals surface area contributed by atoms with Gasteiger partial charge in [-0.1, -0.05) is 6.92 Å². The van der Waals surface area contributed by atoms with Gasteiger partial charge in [-0.15, -0.1) is 0 Å². The molecule has 0 aromatic heterocycles. The van der Waals surface area contributed by atoms with Crippen LogP contribution in [-0.4, -0.2) is 38.5 Å². The van der Waals surface area contributed by atoms with Crippen LogP contribution in [0.4, 0.5) is 0 Å². The number of nitrogens with zero attached hydrogens (tertiary/aromatic N) is 1. The fraction of sp³-hybridized carbons (Fsp3) is 0.909. The first-order chi connectivity index (χ1) is 7.36. The molecule has 1 saturated heterocycles. The van der Waals surface area contributed by atoms with Crippen LogP contribution >= 0.6 is 0 Å². The topological polar surface area (TPSA) is 54.3 Å². The van der Waals surface area contributed by atoms with Gasteiger partial charge in [-0.25, -0.2) is 0 Å². The quantitative estimate of drug-likeness (QED) is 0.686. The van der Waals surface area contributed by atoms with Crippen molar-refractivity contribution in [1.82, 2.24) is 5.32 Å². The van der Waals surface area contributed by atoms with E-state index in [0.29, 0.717) is 13.2 Å². The van der Waals surface area contributed by atoms with Crippen molar-refractivity contribution in [3.63, 3.8) is 0 Å². The number of rotatable bonds is 7. The Balaban J connectivity index is 2.03. The molecule has 1 aliphatic heterocycles. The first-order valence-corrected chi connectivity index (χ1v) is 5.69. The zero-order valence-electron chi connectivity index (χ0n) is 9.37. The van der Waals surface area contributed by atoms with Crippen molar-refractivity contribution in [1.29, 1.82) is 5.26 Å². The summed E-state index contributed by atoms with van der Waals surface area (Å²) >= 11 is 0. The van der Waals surface area contributed by atoms with E-state index in [1.165, 1.54) is 0 Å². The molecule has 0 amide bonds. The second-order valence-corrected chi connectivity index (χ2v) is 3.78. The highest BCUT2D eigenvalue weighted by Gasteiger charge is 2.16. The molecule has 1 fully saturated rings. The molecule has 0 aliphatic carbocycles. The average molecular weight is 212 g/mol. The first-order valence-electron chi connectivity index (χ1n) is 5.69. The fourth-order valence-electron chi connectivity index (χ4n) is 1.53. The molecule has 0 radical (unpaired) electrons. The minimum absolute atomic E-state index is 0.0766. The molecule has 2 atom stereocenters. The Morgan fingerprint density at radius 3 is 3.13 bits per heavy atom. The molecule has 4 nitrogen and oxygen atoms in total. The average Bonchev–Trinajstić information content (AvgIpc) is 2.76. The molecule has 15 heavy (non-hydrogen) atoms. The van der Waals surface area contributed by atoms with Crippen molar-refractivity contribution in [3.05, 3.63) is 0 Å². The van der Waals surface area contributed by atoms with Crippen LogP contribution in [0, 0.1) is 11.3 Å². The summed E-state index contributed by atoms with van der Waals surface area (Å²) < 4.78 is 10.8. The van der Waals surface area contributed by atoms with Crippen molar-refractivity contribution < 1.29 is 9.47 Å². The van der Waals surface area contributed by atoms with Gasteiger partial charge in [-0.3, -0.25) is 0 Å². The highest BCUT2D eigenvalue weighted by molar-refractivity contribution is 4.89. The van der Waals surface area contributed by atoms with E-state index in [0.717, 1.165) is 32.4 Å². The van der Waals surface area contributed by atoms with Crippen LogP contribution in [0.5, 0.6) is 0 Å². The predicted octanol–water partition coefficient (Wildman–Crippen LogP) is 1.07. The molecule has 86 valence electrons. The lowest BCUT2D eigenvalue weighted by molar-refractivity contribution is 0.0396. The van der Waals surface area contributed by atoms with Crippen molar-refractivity contribution in [2.45, 2.75) is 38.3 Å². The van der Waals surface area contributed by atoms with Gasteiger partial charge in [0.1, 0.15) is 0 Å². The largest absolute Gasteiger partial charge is 0.379 e. The third-order valence-corrected chi connectivity index (χ3v) is 2.44. The molecule has 0 spiro atoms. The Bertz CT molecular complexity index is 197. The Morgan fingerprint density at radius 1 is 1.67 bits per heavy atom. The van der Waals surface area contributed by atoms with Gasteiger partial charge in [0.25, 0.3) is 0 Å². The molecule has 0 saturated carbocycles. The molecule has 0 aromatic carbocycles. The lowest BCUT2D eigenvalue weighted by Gasteiger charge is -2.13. The van der Waals surface area contributed by atoms with Gasteiger partial charge in [-0.05, 0) is 25.8 Å². The van der Waals surface area contributed by atoms with E-state index in [1.54, 1.807) is 0 Å². The standard InChI is InChI=1S/C11H20N2O2/c1-2-5-13-10(8-12)3-7-15-11-4-6-14-9-11/h10-11,13H,2-7,9H2,1H3. The summed E-state index contributed by atoms with van der Waals surface area (Å²) in [6.45, 7) is 5.14. The highest BCUT2D eigenvalue weighted by atomic mass is 16.5. The van der Waals surface area contributed by atoms with Crippen LogP contribution in [0.15, 0.2) is 0 Å². The minimum Gasteiger partial charge on any atom is -0.379 e. The van der Waals surface area contributed by atoms with Crippen molar-refractivity contribution in [3.8, 4) is 6.07 Å². The SMILES string of the molecule is CCCNC(C#N)CCOC1CCOC1. The number of nitrogens with one attached hydrogen (secondary N) is 1. The van der Waals surface area contributed by atoms with Crippen LogP contribution in [0.2, 0.25) is 0 Å². The van der Waals surface area contributed by atoms with Crippen LogP contribution in [0.25, 0.3) is 0 Å². The smallest absolute Gasteiger partial charge is 0.0975 e. The fourth-order valence-corrected chi connectivity index (χ4v) is 1.53. The van der Waals surface area contributed by atoms with Crippen LogP contribution in [0.3, 0.4) is 0 Å². The van der Waals surface area contributed by atoms with Gasteiger partial charge in [0.2, 0.25) is 0 Å². The Morgan fingerprint density at radius 2 is 2.53 bits per heavy atom. The summed E-state index contributed by atoms with van der Waals surface area (Å²) in [5, 5.41) is 12.0. The van der Waals surface area contributed by atoms with Gasteiger partial charge < -0.3 is 14.8 Å². The molecule has 0 aromatic rings. The Hall–Kier alpha value is -0.630. The van der Waals surface area contributed by atoms with Crippen molar-refractivity contribution >= 4 is 0 Å². The normalized spacial score (nSPS) is 22.5. The molecule has 1 rings (SSSR count). The lowest BCUT2D eigenvalue weighted by atomic mass is 10.2. The van der Waals surface area contributed by atoms with Gasteiger partial charge >= 0.3 is 0 Å². The van der Waals surface area contributed by atoms with Crippen LogP contribution in [-0.2, 0) is 9.47 Å². The number of hydrogen-bond acceptors (Lipinski definition) is 4. The second kappa shape index (κ2) is 7.63. The van der Waals surface area contributed by atoms with E-state index in [1.807, 2.05) is 0 Å². The summed E-state index contributed by atoms with van der Waals surface area (Å²) in [4.78, 5) is 0. The van der Waals surface area contributed by atoms with Gasteiger partial charge in [-0.2, -0.15) is 5.26 Å². The molecule has 1 N–H and O–H groups in total. The second-order valence-electron chi connectivity index (χ2n) is 3.78. The van der Waals surface area contributed by atoms with Crippen LogP contribution < -0.4 is 5.32 Å². The van der Waals surface area contributed by atoms with E-state index in [4.69, 9.17) is 14.7 Å². The summed E-state index contributed by atoms with van der Waals surface area (Å²) in [5.41, 5.74) is 0. The van der Waals surface area contributed by atoms with Gasteiger partial charge in [0, 0.05) is 13.2 Å². The van der Waals surface area contributed by atoms with Crippen molar-refractivity contribution in [2.75, 3.05) is 26.4 Å². The molecular weight excluding hydrogens is 192 g/mol. The van der Waals surface area contributed by atoms with E-state index < -0.39 is 0 Å². The zero-order chi connectivity index (χ0) is 10.9. The van der Waals surface area contributed by atoms with Crippen LogP contribution in [0.1, 0.15) is 26.2 Å². The molecule has 2 unspecified atom stereocenters. The third-order valence-electron chi connectivity index (χ3n) is 2.44. The minimum atomic E-state index is -0.0766. The highest BCUT2D eigenvalue weighted by Crippen LogP contribution is 2.08. The van der Waals surface area contributed by atoms with E-state index >= 15 is 0 Å². The summed E-state index contributed by atoms with van der Waals surface area (Å²) in [6.07, 6.45) is 3.04. The molecule has 1 aliphatic rings. The summed E-state index contributed by atoms with van der Waals surface area (Å²) in [6, 6.07) is 2.16. The Labute approximate surface area is 91.6 Å². The Kier molecular flexibility index (Phi) is 6.33. The third kappa shape index (κ3) is 5.12. The van der Waals surface area contributed by atoms with Crippen molar-refractivity contribution in [2.24, 2.45) is 0 Å². The first kappa shape index (κ1) is 12.4. The van der Waals surface area contributed by atoms with E-state index in [-0.39, 0.29) is 12.1 Å². The number of ether oxygens (including phenoxy) is 2. The molecular formula is C11H20N2O2. The van der Waals surface area contributed by atoms with Gasteiger partial charge in [0.15, 0.2) is 0 Å². The van der Waals surface area contributed by atoms with Gasteiger partial charge in [0.05, 0.1) is 24.8 Å². The molecule has 1 heterocycles. The lowest BCUT2D eigenvalue weighted by Crippen LogP contribution is -2.30. The predicted molar refractivity (Wildman–Crippen MR) is 57.5 cm³/mol. The maximum atomic E-state index is 8.85. The molecule has 4 heteroatoms. The maximum absolute atomic E-state index is 8.85. The molecule has 0 bridgehead atoms.